The predicted octanol–water partition coefficient (Wildman–Crippen LogP) is 1.83. The molecular weight excluding hydrogens is 274 g/mol. The Kier molecular flexibility index (Phi) is 3.78. The standard InChI is InChI=1S/C12H16F2N2O2S/c13-11(14)19(17,18)10-4-2-1-3-9(10)16-8-12(7-15)5-6-12/h1-4,11,16H,5-8,15H2. The Morgan fingerprint density at radius 3 is 2.47 bits per heavy atom. The Morgan fingerprint density at radius 1 is 1.32 bits per heavy atom. The summed E-state index contributed by atoms with van der Waals surface area (Å²) in [4.78, 5) is -0.363. The molecule has 0 heterocycles. The first kappa shape index (κ1) is 14.2. The lowest BCUT2D eigenvalue weighted by Crippen LogP contribution is -2.25. The average molecular weight is 290 g/mol. The maximum atomic E-state index is 12.6. The van der Waals surface area contributed by atoms with Gasteiger partial charge in [-0.2, -0.15) is 8.78 Å². The summed E-state index contributed by atoms with van der Waals surface area (Å²) in [6.45, 7) is 1.00. The van der Waals surface area contributed by atoms with Gasteiger partial charge in [0.15, 0.2) is 0 Å². The minimum atomic E-state index is -4.59. The first-order chi connectivity index (χ1) is 8.91. The molecule has 106 valence electrons. The SMILES string of the molecule is NCC1(CNc2ccccc2S(=O)(=O)C(F)F)CC1. The summed E-state index contributed by atoms with van der Waals surface area (Å²) in [7, 11) is -4.59. The highest BCUT2D eigenvalue weighted by atomic mass is 32.2. The normalized spacial score (nSPS) is 17.5. The Labute approximate surface area is 110 Å². The molecule has 19 heavy (non-hydrogen) atoms. The molecule has 1 saturated carbocycles. The zero-order valence-electron chi connectivity index (χ0n) is 10.3. The third kappa shape index (κ3) is 2.87. The third-order valence-corrected chi connectivity index (χ3v) is 4.91. The van der Waals surface area contributed by atoms with Gasteiger partial charge in [0.05, 0.1) is 10.6 Å². The number of hydrogen-bond acceptors (Lipinski definition) is 4. The summed E-state index contributed by atoms with van der Waals surface area (Å²) >= 11 is 0. The molecule has 1 fully saturated rings. The number of benzene rings is 1. The van der Waals surface area contributed by atoms with Crippen LogP contribution >= 0.6 is 0 Å². The van der Waals surface area contributed by atoms with Gasteiger partial charge in [0.1, 0.15) is 0 Å². The van der Waals surface area contributed by atoms with Crippen LogP contribution < -0.4 is 11.1 Å². The van der Waals surface area contributed by atoms with Crippen LogP contribution in [0.4, 0.5) is 14.5 Å². The Morgan fingerprint density at radius 2 is 1.95 bits per heavy atom. The van der Waals surface area contributed by atoms with E-state index in [0.29, 0.717) is 13.1 Å². The van der Waals surface area contributed by atoms with Gasteiger partial charge in [0.2, 0.25) is 9.84 Å². The summed E-state index contributed by atoms with van der Waals surface area (Å²) in [6.07, 6.45) is 1.94. The van der Waals surface area contributed by atoms with Crippen LogP contribution in [0.3, 0.4) is 0 Å². The molecule has 7 heteroatoms. The lowest BCUT2D eigenvalue weighted by atomic mass is 10.1. The first-order valence-corrected chi connectivity index (χ1v) is 7.51. The van der Waals surface area contributed by atoms with Crippen molar-refractivity contribution in [1.82, 2.24) is 0 Å². The van der Waals surface area contributed by atoms with Gasteiger partial charge in [-0.25, -0.2) is 8.42 Å². The van der Waals surface area contributed by atoms with Crippen molar-refractivity contribution in [3.05, 3.63) is 24.3 Å². The molecule has 0 aliphatic heterocycles. The molecule has 4 nitrogen and oxygen atoms in total. The number of rotatable bonds is 6. The van der Waals surface area contributed by atoms with Gasteiger partial charge < -0.3 is 11.1 Å². The molecule has 1 aromatic carbocycles. The van der Waals surface area contributed by atoms with Crippen LogP contribution in [0, 0.1) is 5.41 Å². The Hall–Kier alpha value is -1.21. The molecular formula is C12H16F2N2O2S. The smallest absolute Gasteiger partial charge is 0.341 e. The van der Waals surface area contributed by atoms with E-state index in [4.69, 9.17) is 5.73 Å². The highest BCUT2D eigenvalue weighted by Gasteiger charge is 2.41. The van der Waals surface area contributed by atoms with Crippen LogP contribution in [0.15, 0.2) is 29.2 Å². The molecule has 0 aromatic heterocycles. The first-order valence-electron chi connectivity index (χ1n) is 5.96. The van der Waals surface area contributed by atoms with Crippen LogP contribution in [0.1, 0.15) is 12.8 Å². The molecule has 0 amide bonds. The van der Waals surface area contributed by atoms with Crippen molar-refractivity contribution in [1.29, 1.82) is 0 Å². The van der Waals surface area contributed by atoms with Crippen molar-refractivity contribution < 1.29 is 17.2 Å². The van der Waals surface area contributed by atoms with E-state index < -0.39 is 15.6 Å². The monoisotopic (exact) mass is 290 g/mol. The van der Waals surface area contributed by atoms with Gasteiger partial charge in [-0.3, -0.25) is 0 Å². The van der Waals surface area contributed by atoms with Crippen LogP contribution in [0.25, 0.3) is 0 Å². The van der Waals surface area contributed by atoms with Gasteiger partial charge in [-0.05, 0) is 36.9 Å². The lowest BCUT2D eigenvalue weighted by molar-refractivity contribution is 0.235. The average Bonchev–Trinajstić information content (AvgIpc) is 3.17. The van der Waals surface area contributed by atoms with E-state index in [1.807, 2.05) is 0 Å². The molecule has 0 bridgehead atoms. The fourth-order valence-corrected chi connectivity index (χ4v) is 2.78. The van der Waals surface area contributed by atoms with E-state index in [1.54, 1.807) is 6.07 Å². The maximum Gasteiger partial charge on any atom is 0.341 e. The van der Waals surface area contributed by atoms with Crippen molar-refractivity contribution in [2.45, 2.75) is 23.5 Å². The number of anilines is 1. The number of alkyl halides is 2. The van der Waals surface area contributed by atoms with Gasteiger partial charge in [0, 0.05) is 6.54 Å². The number of nitrogens with two attached hydrogens (primary N) is 1. The molecule has 0 spiro atoms. The van der Waals surface area contributed by atoms with E-state index in [9.17, 15) is 17.2 Å². The van der Waals surface area contributed by atoms with Crippen molar-refractivity contribution in [2.75, 3.05) is 18.4 Å². The maximum absolute atomic E-state index is 12.6. The van der Waals surface area contributed by atoms with E-state index in [2.05, 4.69) is 5.32 Å². The van der Waals surface area contributed by atoms with Crippen molar-refractivity contribution in [3.8, 4) is 0 Å². The van der Waals surface area contributed by atoms with Crippen molar-refractivity contribution in [2.24, 2.45) is 11.1 Å². The highest BCUT2D eigenvalue weighted by Crippen LogP contribution is 2.44. The van der Waals surface area contributed by atoms with Crippen LogP contribution in [0.2, 0.25) is 0 Å². The minimum absolute atomic E-state index is 0.0122. The summed E-state index contributed by atoms with van der Waals surface area (Å²) in [6, 6.07) is 5.71. The minimum Gasteiger partial charge on any atom is -0.383 e. The number of nitrogens with one attached hydrogen (secondary N) is 1. The van der Waals surface area contributed by atoms with Crippen molar-refractivity contribution >= 4 is 15.5 Å². The molecule has 0 saturated heterocycles. The van der Waals surface area contributed by atoms with Crippen LogP contribution in [-0.2, 0) is 9.84 Å². The number of sulfone groups is 1. The summed E-state index contributed by atoms with van der Waals surface area (Å²) in [5.41, 5.74) is 5.83. The highest BCUT2D eigenvalue weighted by molar-refractivity contribution is 7.91. The van der Waals surface area contributed by atoms with E-state index in [0.717, 1.165) is 12.8 Å². The lowest BCUT2D eigenvalue weighted by Gasteiger charge is -2.16. The number of hydrogen-bond donors (Lipinski definition) is 2. The van der Waals surface area contributed by atoms with Gasteiger partial charge in [-0.15, -0.1) is 0 Å². The zero-order chi connectivity index (χ0) is 14.1. The summed E-state index contributed by atoms with van der Waals surface area (Å²) in [5.74, 6) is -3.42. The number of para-hydroxylation sites is 1. The Bertz CT molecular complexity index is 557. The molecule has 1 aliphatic rings. The summed E-state index contributed by atoms with van der Waals surface area (Å²) in [5, 5.41) is 2.94. The zero-order valence-corrected chi connectivity index (χ0v) is 11.1. The molecule has 2 rings (SSSR count). The second-order valence-electron chi connectivity index (χ2n) is 4.86. The van der Waals surface area contributed by atoms with E-state index >= 15 is 0 Å². The summed E-state index contributed by atoms with van der Waals surface area (Å²) < 4.78 is 48.3. The topological polar surface area (TPSA) is 72.2 Å². The van der Waals surface area contributed by atoms with Crippen LogP contribution in [0.5, 0.6) is 0 Å². The van der Waals surface area contributed by atoms with Crippen LogP contribution in [-0.4, -0.2) is 27.3 Å². The quantitative estimate of drug-likeness (QED) is 0.838. The number of halogens is 2. The van der Waals surface area contributed by atoms with Gasteiger partial charge in [0.25, 0.3) is 0 Å². The second kappa shape index (κ2) is 5.05. The van der Waals surface area contributed by atoms with E-state index in [-0.39, 0.29) is 16.0 Å². The molecule has 1 aliphatic carbocycles. The Balaban J connectivity index is 2.22. The molecule has 3 N–H and O–H groups in total. The van der Waals surface area contributed by atoms with E-state index in [1.165, 1.54) is 18.2 Å². The second-order valence-corrected chi connectivity index (χ2v) is 6.75. The molecule has 0 radical (unpaired) electrons. The van der Waals surface area contributed by atoms with Gasteiger partial charge in [-0.1, -0.05) is 12.1 Å². The molecule has 0 unspecified atom stereocenters. The third-order valence-electron chi connectivity index (χ3n) is 3.47. The van der Waals surface area contributed by atoms with Crippen molar-refractivity contribution in [3.63, 3.8) is 0 Å². The predicted molar refractivity (Wildman–Crippen MR) is 68.8 cm³/mol. The fourth-order valence-electron chi connectivity index (χ4n) is 1.87. The largest absolute Gasteiger partial charge is 0.383 e. The molecule has 0 atom stereocenters. The fraction of sp³-hybridized carbons (Fsp3) is 0.500. The molecule has 1 aromatic rings. The van der Waals surface area contributed by atoms with Gasteiger partial charge >= 0.3 is 5.76 Å².